The van der Waals surface area contributed by atoms with Gasteiger partial charge in [-0.05, 0) is 38.0 Å². The van der Waals surface area contributed by atoms with E-state index in [1.807, 2.05) is 25.7 Å². The Bertz CT molecular complexity index is 792. The topological polar surface area (TPSA) is 63.1 Å². The van der Waals surface area contributed by atoms with E-state index in [9.17, 15) is 4.79 Å². The SMILES string of the molecule is CN(C)C(=O)c1nn(CC2CCCCC2)c2c1CC(NCc1nccs1)CC2. The third-order valence-corrected chi connectivity index (χ3v) is 6.92. The number of nitrogens with zero attached hydrogens (tertiary/aromatic N) is 4. The molecular weight excluding hydrogens is 370 g/mol. The van der Waals surface area contributed by atoms with Crippen LogP contribution in [0, 0.1) is 5.92 Å². The van der Waals surface area contributed by atoms with E-state index in [2.05, 4.69) is 15.0 Å². The van der Waals surface area contributed by atoms with Crippen LogP contribution in [0.25, 0.3) is 0 Å². The van der Waals surface area contributed by atoms with E-state index >= 15 is 0 Å². The average Bonchev–Trinajstić information content (AvgIpc) is 3.34. The van der Waals surface area contributed by atoms with Crippen LogP contribution in [0.1, 0.15) is 65.3 Å². The van der Waals surface area contributed by atoms with E-state index in [0.717, 1.165) is 42.9 Å². The molecule has 2 aliphatic rings. The molecular formula is C21H31N5OS. The smallest absolute Gasteiger partial charge is 0.274 e. The molecule has 1 saturated carbocycles. The number of rotatable bonds is 6. The lowest BCUT2D eigenvalue weighted by molar-refractivity contribution is 0.0819. The first kappa shape index (κ1) is 19.6. The summed E-state index contributed by atoms with van der Waals surface area (Å²) in [5.74, 6) is 0.736. The van der Waals surface area contributed by atoms with Crippen LogP contribution in [0.2, 0.25) is 0 Å². The lowest BCUT2D eigenvalue weighted by atomic mass is 9.88. The molecule has 1 unspecified atom stereocenters. The van der Waals surface area contributed by atoms with Crippen molar-refractivity contribution in [1.82, 2.24) is 25.0 Å². The van der Waals surface area contributed by atoms with Gasteiger partial charge in [-0.15, -0.1) is 11.3 Å². The number of aromatic nitrogens is 3. The maximum atomic E-state index is 12.8. The molecule has 6 nitrogen and oxygen atoms in total. The second-order valence-corrected chi connectivity index (χ2v) is 9.39. The van der Waals surface area contributed by atoms with E-state index in [0.29, 0.717) is 17.7 Å². The quantitative estimate of drug-likeness (QED) is 0.807. The van der Waals surface area contributed by atoms with Gasteiger partial charge in [0, 0.05) is 56.1 Å². The molecule has 2 aliphatic carbocycles. The van der Waals surface area contributed by atoms with Crippen molar-refractivity contribution in [2.45, 2.75) is 70.5 Å². The van der Waals surface area contributed by atoms with Crippen LogP contribution in [-0.4, -0.2) is 45.7 Å². The average molecular weight is 402 g/mol. The van der Waals surface area contributed by atoms with Crippen LogP contribution in [0.15, 0.2) is 11.6 Å². The maximum Gasteiger partial charge on any atom is 0.274 e. The minimum absolute atomic E-state index is 0.0271. The zero-order chi connectivity index (χ0) is 19.5. The van der Waals surface area contributed by atoms with Crippen LogP contribution in [-0.2, 0) is 25.9 Å². The monoisotopic (exact) mass is 401 g/mol. The highest BCUT2D eigenvalue weighted by Gasteiger charge is 2.30. The molecule has 152 valence electrons. The van der Waals surface area contributed by atoms with Gasteiger partial charge < -0.3 is 10.2 Å². The fourth-order valence-corrected chi connectivity index (χ4v) is 5.15. The van der Waals surface area contributed by atoms with Crippen molar-refractivity contribution in [3.05, 3.63) is 33.5 Å². The van der Waals surface area contributed by atoms with E-state index in [1.54, 1.807) is 16.2 Å². The lowest BCUT2D eigenvalue weighted by Crippen LogP contribution is -2.35. The van der Waals surface area contributed by atoms with Gasteiger partial charge in [-0.25, -0.2) is 4.98 Å². The third-order valence-electron chi connectivity index (χ3n) is 6.14. The van der Waals surface area contributed by atoms with Crippen molar-refractivity contribution in [2.24, 2.45) is 5.92 Å². The molecule has 0 aromatic carbocycles. The number of hydrogen-bond acceptors (Lipinski definition) is 5. The minimum atomic E-state index is 0.0271. The summed E-state index contributed by atoms with van der Waals surface area (Å²) in [4.78, 5) is 18.8. The summed E-state index contributed by atoms with van der Waals surface area (Å²) in [6.07, 6.45) is 11.4. The van der Waals surface area contributed by atoms with Crippen molar-refractivity contribution in [3.63, 3.8) is 0 Å². The van der Waals surface area contributed by atoms with Crippen LogP contribution in [0.5, 0.6) is 0 Å². The molecule has 2 aromatic rings. The minimum Gasteiger partial charge on any atom is -0.343 e. The number of thiazole rings is 1. The molecule has 2 aromatic heterocycles. The molecule has 0 bridgehead atoms. The zero-order valence-electron chi connectivity index (χ0n) is 17.0. The second kappa shape index (κ2) is 8.74. The summed E-state index contributed by atoms with van der Waals surface area (Å²) in [5, 5.41) is 11.6. The van der Waals surface area contributed by atoms with Crippen molar-refractivity contribution in [3.8, 4) is 0 Å². The molecule has 7 heteroatoms. The van der Waals surface area contributed by atoms with Gasteiger partial charge >= 0.3 is 0 Å². The summed E-state index contributed by atoms with van der Waals surface area (Å²) < 4.78 is 2.18. The van der Waals surface area contributed by atoms with E-state index in [4.69, 9.17) is 5.10 Å². The summed E-state index contributed by atoms with van der Waals surface area (Å²) >= 11 is 1.68. The van der Waals surface area contributed by atoms with Crippen molar-refractivity contribution in [2.75, 3.05) is 14.1 Å². The van der Waals surface area contributed by atoms with E-state index in [1.165, 1.54) is 37.8 Å². The van der Waals surface area contributed by atoms with Crippen molar-refractivity contribution in [1.29, 1.82) is 0 Å². The first-order valence-electron chi connectivity index (χ1n) is 10.5. The highest BCUT2D eigenvalue weighted by molar-refractivity contribution is 7.09. The predicted octanol–water partition coefficient (Wildman–Crippen LogP) is 3.27. The van der Waals surface area contributed by atoms with Crippen LogP contribution < -0.4 is 5.32 Å². The van der Waals surface area contributed by atoms with Crippen LogP contribution >= 0.6 is 11.3 Å². The lowest BCUT2D eigenvalue weighted by Gasteiger charge is -2.26. The second-order valence-electron chi connectivity index (χ2n) is 8.41. The van der Waals surface area contributed by atoms with Gasteiger partial charge in [0.15, 0.2) is 5.69 Å². The van der Waals surface area contributed by atoms with Gasteiger partial charge in [0.25, 0.3) is 5.91 Å². The molecule has 1 atom stereocenters. The molecule has 1 fully saturated rings. The normalized spacial score (nSPS) is 20.1. The van der Waals surface area contributed by atoms with Gasteiger partial charge in [0.2, 0.25) is 0 Å². The molecule has 28 heavy (non-hydrogen) atoms. The zero-order valence-corrected chi connectivity index (χ0v) is 17.8. The summed E-state index contributed by atoms with van der Waals surface area (Å²) in [6, 6.07) is 0.373. The first-order chi connectivity index (χ1) is 13.6. The number of amides is 1. The Kier molecular flexibility index (Phi) is 6.11. The van der Waals surface area contributed by atoms with E-state index < -0.39 is 0 Å². The Labute approximate surface area is 171 Å². The Morgan fingerprint density at radius 2 is 2.11 bits per heavy atom. The van der Waals surface area contributed by atoms with Gasteiger partial charge in [0.1, 0.15) is 5.01 Å². The molecule has 1 amide bonds. The Morgan fingerprint density at radius 3 is 2.82 bits per heavy atom. The highest BCUT2D eigenvalue weighted by atomic mass is 32.1. The molecule has 4 rings (SSSR count). The molecule has 2 heterocycles. The third kappa shape index (κ3) is 4.30. The molecule has 0 saturated heterocycles. The van der Waals surface area contributed by atoms with Crippen LogP contribution in [0.4, 0.5) is 0 Å². The van der Waals surface area contributed by atoms with Gasteiger partial charge in [-0.2, -0.15) is 5.10 Å². The fourth-order valence-electron chi connectivity index (χ4n) is 4.58. The number of fused-ring (bicyclic) bond motifs is 1. The van der Waals surface area contributed by atoms with Gasteiger partial charge in [0.05, 0.1) is 0 Å². The summed E-state index contributed by atoms with van der Waals surface area (Å²) in [6.45, 7) is 1.77. The predicted molar refractivity (Wildman–Crippen MR) is 112 cm³/mol. The number of hydrogen-bond donors (Lipinski definition) is 1. The van der Waals surface area contributed by atoms with Crippen molar-refractivity contribution >= 4 is 17.2 Å². The summed E-state index contributed by atoms with van der Waals surface area (Å²) in [5.41, 5.74) is 3.12. The summed E-state index contributed by atoms with van der Waals surface area (Å²) in [7, 11) is 3.63. The number of nitrogens with one attached hydrogen (secondary N) is 1. The maximum absolute atomic E-state index is 12.8. The fraction of sp³-hybridized carbons (Fsp3) is 0.667. The molecule has 0 aliphatic heterocycles. The number of carbonyl (C=O) groups excluding carboxylic acids is 1. The van der Waals surface area contributed by atoms with Gasteiger partial charge in [-0.1, -0.05) is 19.3 Å². The highest BCUT2D eigenvalue weighted by Crippen LogP contribution is 2.30. The molecule has 0 spiro atoms. The Balaban J connectivity index is 1.52. The Morgan fingerprint density at radius 1 is 1.29 bits per heavy atom. The van der Waals surface area contributed by atoms with Gasteiger partial charge in [-0.3, -0.25) is 9.48 Å². The van der Waals surface area contributed by atoms with Crippen molar-refractivity contribution < 1.29 is 4.79 Å². The first-order valence-corrected chi connectivity index (χ1v) is 11.4. The number of carbonyl (C=O) groups is 1. The molecule has 0 radical (unpaired) electrons. The Hall–Kier alpha value is -1.73. The standard InChI is InChI=1S/C21H31N5OS/c1-25(2)21(27)20-17-12-16(23-13-19-22-10-11-28-19)8-9-18(17)26(24-20)14-15-6-4-3-5-7-15/h10-11,15-16,23H,3-9,12-14H2,1-2H3. The largest absolute Gasteiger partial charge is 0.343 e. The molecule has 1 N–H and O–H groups in total. The van der Waals surface area contributed by atoms with E-state index in [-0.39, 0.29) is 5.91 Å². The van der Waals surface area contributed by atoms with Crippen LogP contribution in [0.3, 0.4) is 0 Å².